The monoisotopic (exact) mass is 247 g/mol. The van der Waals surface area contributed by atoms with E-state index in [1.807, 2.05) is 0 Å². The molecular formula is C14H21N3O. The van der Waals surface area contributed by atoms with Gasteiger partial charge < -0.3 is 20.3 Å². The summed E-state index contributed by atoms with van der Waals surface area (Å²) < 4.78 is 6.18. The molecule has 1 saturated heterocycles. The van der Waals surface area contributed by atoms with Gasteiger partial charge in [-0.3, -0.25) is 0 Å². The fourth-order valence-corrected chi connectivity index (χ4v) is 2.55. The Morgan fingerprint density at radius 1 is 1.22 bits per heavy atom. The summed E-state index contributed by atoms with van der Waals surface area (Å²) >= 11 is 0. The van der Waals surface area contributed by atoms with Crippen molar-refractivity contribution < 1.29 is 4.74 Å². The summed E-state index contributed by atoms with van der Waals surface area (Å²) in [5.41, 5.74) is 2.19. The molecule has 1 fully saturated rings. The van der Waals surface area contributed by atoms with Crippen molar-refractivity contribution in [2.24, 2.45) is 0 Å². The Morgan fingerprint density at radius 3 is 2.78 bits per heavy atom. The van der Waals surface area contributed by atoms with E-state index in [-0.39, 0.29) is 5.60 Å². The summed E-state index contributed by atoms with van der Waals surface area (Å²) in [7, 11) is 0. The van der Waals surface area contributed by atoms with Crippen molar-refractivity contribution in [3.05, 3.63) is 18.2 Å². The van der Waals surface area contributed by atoms with Crippen molar-refractivity contribution in [3.8, 4) is 5.75 Å². The molecule has 0 saturated carbocycles. The van der Waals surface area contributed by atoms with E-state index in [1.165, 1.54) is 5.69 Å². The maximum absolute atomic E-state index is 6.18. The van der Waals surface area contributed by atoms with E-state index in [0.717, 1.165) is 44.2 Å². The number of hydrogen-bond donors (Lipinski definition) is 2. The second kappa shape index (κ2) is 4.35. The van der Waals surface area contributed by atoms with Gasteiger partial charge in [0.25, 0.3) is 0 Å². The van der Waals surface area contributed by atoms with Crippen LogP contribution in [-0.2, 0) is 0 Å². The van der Waals surface area contributed by atoms with Crippen molar-refractivity contribution in [2.45, 2.75) is 19.4 Å². The second-order valence-electron chi connectivity index (χ2n) is 5.61. The quantitative estimate of drug-likeness (QED) is 0.791. The maximum Gasteiger partial charge on any atom is 0.166 e. The number of piperazine rings is 1. The molecule has 0 atom stereocenters. The van der Waals surface area contributed by atoms with Crippen LogP contribution in [0.5, 0.6) is 5.75 Å². The summed E-state index contributed by atoms with van der Waals surface area (Å²) in [6.45, 7) is 9.27. The minimum Gasteiger partial charge on any atom is -0.482 e. The fourth-order valence-electron chi connectivity index (χ4n) is 2.55. The van der Waals surface area contributed by atoms with Crippen LogP contribution in [0.15, 0.2) is 18.2 Å². The number of fused-ring (bicyclic) bond motifs is 1. The Hall–Kier alpha value is -1.42. The van der Waals surface area contributed by atoms with E-state index in [9.17, 15) is 0 Å². The molecule has 4 nitrogen and oxygen atoms in total. The van der Waals surface area contributed by atoms with Crippen LogP contribution in [-0.4, -0.2) is 38.3 Å². The Kier molecular flexibility index (Phi) is 2.82. The van der Waals surface area contributed by atoms with Gasteiger partial charge in [0, 0.05) is 26.2 Å². The third-order valence-corrected chi connectivity index (χ3v) is 3.53. The molecule has 3 rings (SSSR count). The van der Waals surface area contributed by atoms with E-state index in [1.54, 1.807) is 0 Å². The Labute approximate surface area is 108 Å². The minimum atomic E-state index is -0.142. The lowest BCUT2D eigenvalue weighted by atomic mass is 10.1. The SMILES string of the molecule is CC1(C)CNc2cccc(N3CCNCC3)c2O1. The van der Waals surface area contributed by atoms with Gasteiger partial charge in [-0.15, -0.1) is 0 Å². The van der Waals surface area contributed by atoms with Gasteiger partial charge >= 0.3 is 0 Å². The molecule has 2 aliphatic heterocycles. The number of para-hydroxylation sites is 1. The number of anilines is 2. The normalized spacial score (nSPS) is 21.8. The van der Waals surface area contributed by atoms with Crippen LogP contribution in [0.4, 0.5) is 11.4 Å². The topological polar surface area (TPSA) is 36.5 Å². The van der Waals surface area contributed by atoms with Gasteiger partial charge in [0.1, 0.15) is 5.60 Å². The van der Waals surface area contributed by atoms with Gasteiger partial charge in [-0.2, -0.15) is 0 Å². The molecule has 0 bridgehead atoms. The van der Waals surface area contributed by atoms with Crippen molar-refractivity contribution >= 4 is 11.4 Å². The first kappa shape index (κ1) is 11.7. The van der Waals surface area contributed by atoms with Gasteiger partial charge in [-0.25, -0.2) is 0 Å². The predicted octanol–water partition coefficient (Wildman–Crippen LogP) is 1.68. The first-order chi connectivity index (χ1) is 8.66. The van der Waals surface area contributed by atoms with Crippen LogP contribution < -0.4 is 20.3 Å². The number of hydrogen-bond acceptors (Lipinski definition) is 4. The summed E-state index contributed by atoms with van der Waals surface area (Å²) in [6.07, 6.45) is 0. The van der Waals surface area contributed by atoms with Crippen LogP contribution in [0.1, 0.15) is 13.8 Å². The molecule has 0 aromatic heterocycles. The van der Waals surface area contributed by atoms with Crippen molar-refractivity contribution in [1.29, 1.82) is 0 Å². The molecule has 0 spiro atoms. The molecule has 1 aromatic carbocycles. The lowest BCUT2D eigenvalue weighted by Gasteiger charge is -2.38. The number of nitrogens with zero attached hydrogens (tertiary/aromatic N) is 1. The Balaban J connectivity index is 1.95. The van der Waals surface area contributed by atoms with Crippen LogP contribution in [0.3, 0.4) is 0 Å². The van der Waals surface area contributed by atoms with E-state index < -0.39 is 0 Å². The highest BCUT2D eigenvalue weighted by Crippen LogP contribution is 2.41. The average molecular weight is 247 g/mol. The average Bonchev–Trinajstić information content (AvgIpc) is 2.38. The summed E-state index contributed by atoms with van der Waals surface area (Å²) in [5.74, 6) is 1.01. The van der Waals surface area contributed by atoms with Crippen LogP contribution in [0, 0.1) is 0 Å². The zero-order valence-electron chi connectivity index (χ0n) is 11.1. The predicted molar refractivity (Wildman–Crippen MR) is 74.7 cm³/mol. The molecule has 98 valence electrons. The lowest BCUT2D eigenvalue weighted by Crippen LogP contribution is -2.45. The third kappa shape index (κ3) is 2.12. The van der Waals surface area contributed by atoms with Crippen LogP contribution in [0.25, 0.3) is 0 Å². The first-order valence-corrected chi connectivity index (χ1v) is 6.67. The molecule has 0 aliphatic carbocycles. The Morgan fingerprint density at radius 2 is 2.00 bits per heavy atom. The number of ether oxygens (including phenoxy) is 1. The van der Waals surface area contributed by atoms with Crippen LogP contribution >= 0.6 is 0 Å². The summed E-state index contributed by atoms with van der Waals surface area (Å²) in [6, 6.07) is 6.36. The van der Waals surface area contributed by atoms with Crippen molar-refractivity contribution in [3.63, 3.8) is 0 Å². The molecule has 0 amide bonds. The maximum atomic E-state index is 6.18. The van der Waals surface area contributed by atoms with Gasteiger partial charge in [0.15, 0.2) is 5.75 Å². The van der Waals surface area contributed by atoms with Gasteiger partial charge in [-0.1, -0.05) is 6.07 Å². The highest BCUT2D eigenvalue weighted by atomic mass is 16.5. The Bertz CT molecular complexity index is 439. The number of benzene rings is 1. The molecule has 1 aromatic rings. The lowest BCUT2D eigenvalue weighted by molar-refractivity contribution is 0.116. The highest BCUT2D eigenvalue weighted by molar-refractivity contribution is 5.73. The van der Waals surface area contributed by atoms with Gasteiger partial charge in [-0.05, 0) is 26.0 Å². The molecular weight excluding hydrogens is 226 g/mol. The van der Waals surface area contributed by atoms with E-state index in [4.69, 9.17) is 4.74 Å². The standard InChI is InChI=1S/C14H21N3O/c1-14(2)10-16-11-4-3-5-12(13(11)18-14)17-8-6-15-7-9-17/h3-5,15-16H,6-10H2,1-2H3. The summed E-state index contributed by atoms with van der Waals surface area (Å²) in [5, 5.41) is 6.85. The zero-order valence-corrected chi connectivity index (χ0v) is 11.1. The molecule has 2 heterocycles. The smallest absolute Gasteiger partial charge is 0.166 e. The van der Waals surface area contributed by atoms with Gasteiger partial charge in [0.05, 0.1) is 17.9 Å². The van der Waals surface area contributed by atoms with Crippen LogP contribution in [0.2, 0.25) is 0 Å². The minimum absolute atomic E-state index is 0.142. The third-order valence-electron chi connectivity index (χ3n) is 3.53. The highest BCUT2D eigenvalue weighted by Gasteiger charge is 2.29. The zero-order chi connectivity index (χ0) is 12.6. The molecule has 2 N–H and O–H groups in total. The molecule has 18 heavy (non-hydrogen) atoms. The van der Waals surface area contributed by atoms with Crippen molar-refractivity contribution in [1.82, 2.24) is 5.32 Å². The van der Waals surface area contributed by atoms with E-state index in [2.05, 4.69) is 47.6 Å². The molecule has 4 heteroatoms. The number of nitrogens with one attached hydrogen (secondary N) is 2. The van der Waals surface area contributed by atoms with E-state index in [0.29, 0.717) is 0 Å². The fraction of sp³-hybridized carbons (Fsp3) is 0.571. The number of rotatable bonds is 1. The van der Waals surface area contributed by atoms with Gasteiger partial charge in [0.2, 0.25) is 0 Å². The first-order valence-electron chi connectivity index (χ1n) is 6.67. The van der Waals surface area contributed by atoms with E-state index >= 15 is 0 Å². The van der Waals surface area contributed by atoms with Crippen molar-refractivity contribution in [2.75, 3.05) is 42.9 Å². The second-order valence-corrected chi connectivity index (χ2v) is 5.61. The molecule has 2 aliphatic rings. The summed E-state index contributed by atoms with van der Waals surface area (Å²) in [4.78, 5) is 2.40. The molecule has 0 unspecified atom stereocenters. The largest absolute Gasteiger partial charge is 0.482 e. The molecule has 0 radical (unpaired) electrons.